The van der Waals surface area contributed by atoms with Gasteiger partial charge in [-0.1, -0.05) is 6.07 Å². The first-order valence-electron chi connectivity index (χ1n) is 11.1. The first-order chi connectivity index (χ1) is 14.5. The summed E-state index contributed by atoms with van der Waals surface area (Å²) < 4.78 is 11.3. The molecule has 1 aliphatic carbocycles. The third-order valence-corrected chi connectivity index (χ3v) is 6.58. The third kappa shape index (κ3) is 4.12. The fourth-order valence-electron chi connectivity index (χ4n) is 4.61. The van der Waals surface area contributed by atoms with Gasteiger partial charge in [-0.25, -0.2) is 0 Å². The predicted molar refractivity (Wildman–Crippen MR) is 115 cm³/mol. The number of ether oxygens (including phenoxy) is 1. The monoisotopic (exact) mass is 410 g/mol. The van der Waals surface area contributed by atoms with Crippen molar-refractivity contribution in [1.82, 2.24) is 0 Å². The average Bonchev–Trinajstić information content (AvgIpc) is 3.36. The summed E-state index contributed by atoms with van der Waals surface area (Å²) in [7, 11) is 0. The highest BCUT2D eigenvalue weighted by Gasteiger charge is 2.33. The molecule has 6 nitrogen and oxygen atoms in total. The van der Waals surface area contributed by atoms with E-state index < -0.39 is 5.60 Å². The minimum Gasteiger partial charge on any atom is -0.456 e. The number of furan rings is 1. The Morgan fingerprint density at radius 2 is 1.93 bits per heavy atom. The maximum atomic E-state index is 13.0. The zero-order valence-corrected chi connectivity index (χ0v) is 17.5. The Kier molecular flexibility index (Phi) is 5.07. The molecule has 2 N–H and O–H groups in total. The maximum Gasteiger partial charge on any atom is 0.291 e. The predicted octanol–water partition coefficient (Wildman–Crippen LogP) is 4.26. The highest BCUT2D eigenvalue weighted by molar-refractivity contribution is 6.04. The number of rotatable bonds is 5. The molecule has 0 spiro atoms. The van der Waals surface area contributed by atoms with Crippen molar-refractivity contribution in [2.45, 2.75) is 56.5 Å². The number of nitrogens with zero attached hydrogens (tertiary/aromatic N) is 1. The van der Waals surface area contributed by atoms with Crippen molar-refractivity contribution in [3.8, 4) is 0 Å². The van der Waals surface area contributed by atoms with Crippen LogP contribution in [0.25, 0.3) is 0 Å². The van der Waals surface area contributed by atoms with Crippen LogP contribution in [0.3, 0.4) is 0 Å². The summed E-state index contributed by atoms with van der Waals surface area (Å²) in [6.45, 7) is 4.68. The lowest BCUT2D eigenvalue weighted by atomic mass is 9.98. The smallest absolute Gasteiger partial charge is 0.291 e. The molecule has 0 unspecified atom stereocenters. The average molecular weight is 411 g/mol. The Labute approximate surface area is 177 Å². The van der Waals surface area contributed by atoms with Crippen LogP contribution in [0, 0.1) is 0 Å². The summed E-state index contributed by atoms with van der Waals surface area (Å²) in [6, 6.07) is 10.0. The van der Waals surface area contributed by atoms with Crippen LogP contribution in [0.15, 0.2) is 34.7 Å². The van der Waals surface area contributed by atoms with Crippen LogP contribution >= 0.6 is 0 Å². The van der Waals surface area contributed by atoms with E-state index in [1.165, 1.54) is 18.4 Å². The molecule has 3 aliphatic rings. The van der Waals surface area contributed by atoms with Gasteiger partial charge in [0.15, 0.2) is 5.76 Å². The molecule has 1 aromatic carbocycles. The Morgan fingerprint density at radius 3 is 2.63 bits per heavy atom. The number of aliphatic hydroxyl groups is 1. The van der Waals surface area contributed by atoms with E-state index in [0.29, 0.717) is 24.1 Å². The fraction of sp³-hybridized carbons (Fsp3) is 0.542. The van der Waals surface area contributed by atoms with E-state index in [9.17, 15) is 9.90 Å². The molecule has 1 saturated carbocycles. The van der Waals surface area contributed by atoms with E-state index in [-0.39, 0.29) is 5.91 Å². The van der Waals surface area contributed by atoms with Crippen molar-refractivity contribution < 1.29 is 19.1 Å². The molecule has 1 atom stereocenters. The summed E-state index contributed by atoms with van der Waals surface area (Å²) >= 11 is 0. The Hall–Kier alpha value is -2.31. The Morgan fingerprint density at radius 1 is 1.13 bits per heavy atom. The van der Waals surface area contributed by atoms with Gasteiger partial charge in [-0.15, -0.1) is 0 Å². The van der Waals surface area contributed by atoms with Gasteiger partial charge in [0.05, 0.1) is 17.0 Å². The second-order valence-corrected chi connectivity index (χ2v) is 9.26. The van der Waals surface area contributed by atoms with Crippen molar-refractivity contribution in [1.29, 1.82) is 0 Å². The zero-order chi connectivity index (χ0) is 20.7. The summed E-state index contributed by atoms with van der Waals surface area (Å²) in [5.74, 6) is 1.90. The molecule has 1 aromatic heterocycles. The number of carbonyl (C=O) groups excluding carboxylic acids is 1. The molecule has 2 aliphatic heterocycles. The van der Waals surface area contributed by atoms with Crippen LogP contribution in [0.1, 0.15) is 72.7 Å². The number of amides is 1. The number of nitrogens with one attached hydrogen (secondary N) is 1. The highest BCUT2D eigenvalue weighted by atomic mass is 16.5. The molecule has 0 radical (unpaired) electrons. The molecule has 30 heavy (non-hydrogen) atoms. The van der Waals surface area contributed by atoms with Gasteiger partial charge in [0, 0.05) is 32.2 Å². The molecule has 3 heterocycles. The first kappa shape index (κ1) is 19.6. The molecule has 2 aromatic rings. The van der Waals surface area contributed by atoms with Crippen LogP contribution in [0.2, 0.25) is 0 Å². The second-order valence-electron chi connectivity index (χ2n) is 9.26. The lowest BCUT2D eigenvalue weighted by Gasteiger charge is -2.24. The van der Waals surface area contributed by atoms with E-state index >= 15 is 0 Å². The van der Waals surface area contributed by atoms with E-state index in [0.717, 1.165) is 56.2 Å². The Bertz CT molecular complexity index is 925. The van der Waals surface area contributed by atoms with Gasteiger partial charge in [-0.05, 0) is 74.8 Å². The molecule has 0 bridgehead atoms. The van der Waals surface area contributed by atoms with Crippen molar-refractivity contribution in [3.05, 3.63) is 47.4 Å². The third-order valence-electron chi connectivity index (χ3n) is 6.58. The SMILES string of the molecule is C[C@]1(O)CCN(c2ccc(C3CC3)cc2NC(=O)c2ccc(C3CCOCC3)o2)C1. The highest BCUT2D eigenvalue weighted by Crippen LogP contribution is 2.43. The van der Waals surface area contributed by atoms with Gasteiger partial charge in [-0.2, -0.15) is 0 Å². The van der Waals surface area contributed by atoms with Gasteiger partial charge >= 0.3 is 0 Å². The maximum absolute atomic E-state index is 13.0. The first-order valence-corrected chi connectivity index (χ1v) is 11.1. The minimum absolute atomic E-state index is 0.228. The van der Waals surface area contributed by atoms with Crippen molar-refractivity contribution >= 4 is 17.3 Å². The van der Waals surface area contributed by atoms with Gasteiger partial charge in [0.1, 0.15) is 5.76 Å². The molecule has 2 saturated heterocycles. The standard InChI is InChI=1S/C24H30N2O4/c1-24(28)10-11-26(15-24)20-5-4-18(16-2-3-16)14-19(20)25-23(27)22-7-6-21(30-22)17-8-12-29-13-9-17/h4-7,14,16-17,28H,2-3,8-13,15H2,1H3,(H,25,27)/t24-/m0/s1. The van der Waals surface area contributed by atoms with Crippen molar-refractivity contribution in [3.63, 3.8) is 0 Å². The van der Waals surface area contributed by atoms with Crippen LogP contribution in [0.4, 0.5) is 11.4 Å². The van der Waals surface area contributed by atoms with E-state index in [4.69, 9.17) is 9.15 Å². The lowest BCUT2D eigenvalue weighted by Crippen LogP contribution is -2.30. The normalized spacial score (nSPS) is 24.9. The topological polar surface area (TPSA) is 74.9 Å². The summed E-state index contributed by atoms with van der Waals surface area (Å²) in [4.78, 5) is 15.2. The second kappa shape index (κ2) is 7.75. The summed E-state index contributed by atoms with van der Waals surface area (Å²) in [5.41, 5.74) is 2.32. The molecular weight excluding hydrogens is 380 g/mol. The van der Waals surface area contributed by atoms with Crippen LogP contribution < -0.4 is 10.2 Å². The zero-order valence-electron chi connectivity index (χ0n) is 17.5. The van der Waals surface area contributed by atoms with Crippen LogP contribution in [-0.4, -0.2) is 42.9 Å². The molecule has 1 amide bonds. The van der Waals surface area contributed by atoms with Crippen molar-refractivity contribution in [2.24, 2.45) is 0 Å². The van der Waals surface area contributed by atoms with Gasteiger partial charge in [0.2, 0.25) is 0 Å². The molecule has 5 rings (SSSR count). The van der Waals surface area contributed by atoms with E-state index in [2.05, 4.69) is 28.4 Å². The molecular formula is C24H30N2O4. The van der Waals surface area contributed by atoms with E-state index in [1.807, 2.05) is 13.0 Å². The number of hydrogen-bond donors (Lipinski definition) is 2. The van der Waals surface area contributed by atoms with Gasteiger partial charge in [-0.3, -0.25) is 4.79 Å². The number of β-amino-alcohol motifs (C(OH)–C–C–N with tert-alkyl or cyclic N) is 1. The van der Waals surface area contributed by atoms with E-state index in [1.54, 1.807) is 6.07 Å². The number of carbonyl (C=O) groups is 1. The largest absolute Gasteiger partial charge is 0.456 e. The number of hydrogen-bond acceptors (Lipinski definition) is 5. The summed E-state index contributed by atoms with van der Waals surface area (Å²) in [5, 5.41) is 13.5. The van der Waals surface area contributed by atoms with Gasteiger partial charge < -0.3 is 24.5 Å². The minimum atomic E-state index is -0.698. The quantitative estimate of drug-likeness (QED) is 0.770. The summed E-state index contributed by atoms with van der Waals surface area (Å²) in [6.07, 6.45) is 4.99. The Balaban J connectivity index is 1.37. The van der Waals surface area contributed by atoms with Crippen molar-refractivity contribution in [2.75, 3.05) is 36.5 Å². The molecule has 3 fully saturated rings. The molecule has 6 heteroatoms. The lowest BCUT2D eigenvalue weighted by molar-refractivity contribution is 0.0799. The number of benzene rings is 1. The van der Waals surface area contributed by atoms with Gasteiger partial charge in [0.25, 0.3) is 5.91 Å². The number of anilines is 2. The molecule has 160 valence electrons. The fourth-order valence-corrected chi connectivity index (χ4v) is 4.61. The van der Waals surface area contributed by atoms with Crippen LogP contribution in [0.5, 0.6) is 0 Å². The van der Waals surface area contributed by atoms with Crippen LogP contribution in [-0.2, 0) is 4.74 Å².